The van der Waals surface area contributed by atoms with Crippen LogP contribution < -0.4 is 5.73 Å². The summed E-state index contributed by atoms with van der Waals surface area (Å²) in [6, 6.07) is 0.176. The van der Waals surface area contributed by atoms with Gasteiger partial charge in [-0.15, -0.1) is 0 Å². The van der Waals surface area contributed by atoms with Gasteiger partial charge in [0.05, 0.1) is 15.9 Å². The molecular weight excluding hydrogens is 297 g/mol. The highest BCUT2D eigenvalue weighted by Gasteiger charge is 2.36. The van der Waals surface area contributed by atoms with Crippen LogP contribution in [0.15, 0.2) is 4.47 Å². The highest BCUT2D eigenvalue weighted by atomic mass is 79.9. The van der Waals surface area contributed by atoms with E-state index in [9.17, 15) is 4.39 Å². The fraction of sp³-hybridized carbons (Fsp3) is 0.769. The van der Waals surface area contributed by atoms with E-state index in [0.717, 1.165) is 35.2 Å². The number of hydrogen-bond donors (Lipinski definition) is 1. The molecule has 1 heterocycles. The Kier molecular flexibility index (Phi) is 4.11. The average Bonchev–Trinajstić information content (AvgIpc) is 2.61. The van der Waals surface area contributed by atoms with Gasteiger partial charge in [-0.3, -0.25) is 4.68 Å². The smallest absolute Gasteiger partial charge is 0.116 e. The summed E-state index contributed by atoms with van der Waals surface area (Å²) in [4.78, 5) is 0. The lowest BCUT2D eigenvalue weighted by molar-refractivity contribution is 0.0968. The van der Waals surface area contributed by atoms with Crippen molar-refractivity contribution in [1.29, 1.82) is 0 Å². The van der Waals surface area contributed by atoms with Crippen LogP contribution in [0, 0.1) is 6.92 Å². The molecule has 2 rings (SSSR count). The molecule has 1 aromatic heterocycles. The van der Waals surface area contributed by atoms with Gasteiger partial charge in [-0.05, 0) is 55.5 Å². The molecule has 1 saturated carbocycles. The summed E-state index contributed by atoms with van der Waals surface area (Å²) in [5, 5.41) is 4.42. The summed E-state index contributed by atoms with van der Waals surface area (Å²) >= 11 is 3.53. The van der Waals surface area contributed by atoms with Gasteiger partial charge in [-0.1, -0.05) is 0 Å². The van der Waals surface area contributed by atoms with Crippen molar-refractivity contribution in [3.05, 3.63) is 15.9 Å². The standard InChI is InChI=1S/C13H21BrFN3/c1-3-18-11(12(14)9(2)17-18)8-13(15)6-4-10(16)5-7-13/h10H,3-8,16H2,1-2H3. The van der Waals surface area contributed by atoms with E-state index < -0.39 is 5.67 Å². The topological polar surface area (TPSA) is 43.8 Å². The van der Waals surface area contributed by atoms with E-state index in [2.05, 4.69) is 21.0 Å². The number of aryl methyl sites for hydroxylation is 2. The summed E-state index contributed by atoms with van der Waals surface area (Å²) < 4.78 is 17.7. The second-order valence-corrected chi connectivity index (χ2v) is 6.12. The molecule has 1 fully saturated rings. The van der Waals surface area contributed by atoms with Crippen LogP contribution in [-0.4, -0.2) is 21.5 Å². The molecule has 0 unspecified atom stereocenters. The van der Waals surface area contributed by atoms with Gasteiger partial charge < -0.3 is 5.73 Å². The molecule has 0 spiro atoms. The van der Waals surface area contributed by atoms with Crippen LogP contribution in [-0.2, 0) is 13.0 Å². The van der Waals surface area contributed by atoms with Crippen molar-refractivity contribution in [2.75, 3.05) is 0 Å². The summed E-state index contributed by atoms with van der Waals surface area (Å²) in [6.07, 6.45) is 3.14. The molecule has 0 radical (unpaired) electrons. The zero-order chi connectivity index (χ0) is 13.3. The monoisotopic (exact) mass is 317 g/mol. The van der Waals surface area contributed by atoms with Gasteiger partial charge in [0.15, 0.2) is 0 Å². The lowest BCUT2D eigenvalue weighted by atomic mass is 9.81. The van der Waals surface area contributed by atoms with E-state index in [-0.39, 0.29) is 6.04 Å². The Bertz CT molecular complexity index is 422. The van der Waals surface area contributed by atoms with Crippen LogP contribution in [0.3, 0.4) is 0 Å². The van der Waals surface area contributed by atoms with Gasteiger partial charge in [-0.2, -0.15) is 5.10 Å². The fourth-order valence-electron chi connectivity index (χ4n) is 2.67. The van der Waals surface area contributed by atoms with Crippen LogP contribution in [0.2, 0.25) is 0 Å². The fourth-order valence-corrected chi connectivity index (χ4v) is 3.10. The Labute approximate surface area is 116 Å². The van der Waals surface area contributed by atoms with Crippen molar-refractivity contribution in [2.24, 2.45) is 5.73 Å². The first-order valence-corrected chi connectivity index (χ1v) is 7.41. The van der Waals surface area contributed by atoms with E-state index in [1.807, 2.05) is 18.5 Å². The number of rotatable bonds is 3. The van der Waals surface area contributed by atoms with Crippen molar-refractivity contribution < 1.29 is 4.39 Å². The molecule has 1 aliphatic carbocycles. The summed E-state index contributed by atoms with van der Waals surface area (Å²) in [5.41, 5.74) is 6.65. The SMILES string of the molecule is CCn1nc(C)c(Br)c1CC1(F)CCC(N)CC1. The maximum Gasteiger partial charge on any atom is 0.116 e. The second-order valence-electron chi connectivity index (χ2n) is 5.33. The summed E-state index contributed by atoms with van der Waals surface area (Å²) in [6.45, 7) is 4.75. The van der Waals surface area contributed by atoms with Gasteiger partial charge in [0.1, 0.15) is 5.67 Å². The molecule has 0 aromatic carbocycles. The molecule has 0 bridgehead atoms. The molecule has 0 amide bonds. The minimum atomic E-state index is -1.11. The third-order valence-corrected chi connectivity index (χ3v) is 4.89. The van der Waals surface area contributed by atoms with Crippen LogP contribution in [0.1, 0.15) is 44.0 Å². The van der Waals surface area contributed by atoms with Crippen molar-refractivity contribution >= 4 is 15.9 Å². The number of nitrogens with two attached hydrogens (primary N) is 1. The van der Waals surface area contributed by atoms with E-state index in [0.29, 0.717) is 19.3 Å². The second kappa shape index (κ2) is 5.29. The van der Waals surface area contributed by atoms with E-state index in [4.69, 9.17) is 5.73 Å². The molecule has 0 atom stereocenters. The Morgan fingerprint density at radius 2 is 2.11 bits per heavy atom. The molecule has 5 heteroatoms. The maximum atomic E-state index is 14.8. The minimum Gasteiger partial charge on any atom is -0.328 e. The normalized spacial score (nSPS) is 28.6. The molecule has 0 aliphatic heterocycles. The Balaban J connectivity index is 2.18. The summed E-state index contributed by atoms with van der Waals surface area (Å²) in [7, 11) is 0. The molecule has 1 aromatic rings. The third-order valence-electron chi connectivity index (χ3n) is 3.86. The predicted molar refractivity (Wildman–Crippen MR) is 74.3 cm³/mol. The van der Waals surface area contributed by atoms with E-state index >= 15 is 0 Å². The van der Waals surface area contributed by atoms with Gasteiger partial charge in [0, 0.05) is 19.0 Å². The van der Waals surface area contributed by atoms with Crippen LogP contribution >= 0.6 is 15.9 Å². The number of nitrogens with zero attached hydrogens (tertiary/aromatic N) is 2. The van der Waals surface area contributed by atoms with E-state index in [1.54, 1.807) is 0 Å². The predicted octanol–water partition coefficient (Wildman–Crippen LogP) is 3.13. The molecule has 18 heavy (non-hydrogen) atoms. The zero-order valence-electron chi connectivity index (χ0n) is 11.0. The zero-order valence-corrected chi connectivity index (χ0v) is 12.6. The largest absolute Gasteiger partial charge is 0.328 e. The molecule has 3 nitrogen and oxygen atoms in total. The lowest BCUT2D eigenvalue weighted by Crippen LogP contribution is -2.37. The van der Waals surface area contributed by atoms with Crippen LogP contribution in [0.25, 0.3) is 0 Å². The molecule has 2 N–H and O–H groups in total. The van der Waals surface area contributed by atoms with Crippen LogP contribution in [0.4, 0.5) is 4.39 Å². The highest BCUT2D eigenvalue weighted by Crippen LogP contribution is 2.36. The lowest BCUT2D eigenvalue weighted by Gasteiger charge is -2.32. The number of aromatic nitrogens is 2. The van der Waals surface area contributed by atoms with Crippen LogP contribution in [0.5, 0.6) is 0 Å². The highest BCUT2D eigenvalue weighted by molar-refractivity contribution is 9.10. The Morgan fingerprint density at radius 3 is 2.67 bits per heavy atom. The molecular formula is C13H21BrFN3. The first-order chi connectivity index (χ1) is 8.45. The van der Waals surface area contributed by atoms with Gasteiger partial charge in [0.2, 0.25) is 0 Å². The van der Waals surface area contributed by atoms with Gasteiger partial charge in [-0.25, -0.2) is 4.39 Å². The maximum absolute atomic E-state index is 14.8. The van der Waals surface area contributed by atoms with E-state index in [1.165, 1.54) is 0 Å². The van der Waals surface area contributed by atoms with Crippen molar-refractivity contribution in [3.8, 4) is 0 Å². The number of alkyl halides is 1. The first-order valence-electron chi connectivity index (χ1n) is 6.61. The third kappa shape index (κ3) is 2.77. The molecule has 1 aliphatic rings. The number of hydrogen-bond acceptors (Lipinski definition) is 2. The molecule has 0 saturated heterocycles. The quantitative estimate of drug-likeness (QED) is 0.930. The van der Waals surface area contributed by atoms with Crippen molar-refractivity contribution in [1.82, 2.24) is 9.78 Å². The Hall–Kier alpha value is -0.420. The molecule has 102 valence electrons. The minimum absolute atomic E-state index is 0.176. The average molecular weight is 318 g/mol. The van der Waals surface area contributed by atoms with Crippen molar-refractivity contribution in [2.45, 2.75) is 64.2 Å². The van der Waals surface area contributed by atoms with Gasteiger partial charge in [0.25, 0.3) is 0 Å². The van der Waals surface area contributed by atoms with Gasteiger partial charge >= 0.3 is 0 Å². The van der Waals surface area contributed by atoms with Crippen molar-refractivity contribution in [3.63, 3.8) is 0 Å². The number of halogens is 2. The Morgan fingerprint density at radius 1 is 1.50 bits per heavy atom. The summed E-state index contributed by atoms with van der Waals surface area (Å²) in [5.74, 6) is 0. The first kappa shape index (κ1) is 14.0.